The van der Waals surface area contributed by atoms with Gasteiger partial charge in [0.25, 0.3) is 0 Å². The number of halogens is 3. The predicted octanol–water partition coefficient (Wildman–Crippen LogP) is 5.28. The van der Waals surface area contributed by atoms with E-state index in [0.29, 0.717) is 6.42 Å². The van der Waals surface area contributed by atoms with Crippen LogP contribution in [0.15, 0.2) is 48.5 Å². The Morgan fingerprint density at radius 2 is 1.64 bits per heavy atom. The summed E-state index contributed by atoms with van der Waals surface area (Å²) in [4.78, 5) is 28.1. The molecule has 2 rings (SSSR count). The average Bonchev–Trinajstić information content (AvgIpc) is 2.80. The molecule has 0 radical (unpaired) electrons. The molecule has 0 bridgehead atoms. The summed E-state index contributed by atoms with van der Waals surface area (Å²) >= 11 is 0. The van der Waals surface area contributed by atoms with Crippen molar-refractivity contribution in [2.45, 2.75) is 78.2 Å². The molecule has 0 aromatic heterocycles. The van der Waals surface area contributed by atoms with Gasteiger partial charge in [-0.15, -0.1) is 0 Å². The van der Waals surface area contributed by atoms with Gasteiger partial charge in [0.05, 0.1) is 17.5 Å². The Balaban J connectivity index is 2.27. The topological polar surface area (TPSA) is 86.8 Å². The second-order valence-electron chi connectivity index (χ2n) is 10.7. The van der Waals surface area contributed by atoms with Crippen LogP contribution >= 0.6 is 0 Å². The second-order valence-corrected chi connectivity index (χ2v) is 12.6. The number of aryl methyl sites for hydroxylation is 1. The third kappa shape index (κ3) is 9.87. The number of rotatable bonds is 11. The van der Waals surface area contributed by atoms with Crippen LogP contribution in [0.3, 0.4) is 0 Å². The highest BCUT2D eigenvalue weighted by atomic mass is 32.2. The van der Waals surface area contributed by atoms with Crippen LogP contribution in [0.25, 0.3) is 0 Å². The Hall–Kier alpha value is -3.08. The molecule has 0 fully saturated rings. The molecule has 216 valence electrons. The quantitative estimate of drug-likeness (QED) is 0.399. The lowest BCUT2D eigenvalue weighted by atomic mass is 10.0. The second kappa shape index (κ2) is 12.8. The van der Waals surface area contributed by atoms with Crippen molar-refractivity contribution in [3.63, 3.8) is 0 Å². The number of anilines is 1. The summed E-state index contributed by atoms with van der Waals surface area (Å²) in [5.74, 6) is -0.656. The average molecular weight is 570 g/mol. The highest BCUT2D eigenvalue weighted by Crippen LogP contribution is 2.32. The first-order chi connectivity index (χ1) is 17.9. The van der Waals surface area contributed by atoms with Gasteiger partial charge in [-0.2, -0.15) is 13.2 Å². The fourth-order valence-corrected chi connectivity index (χ4v) is 5.06. The van der Waals surface area contributed by atoms with Crippen LogP contribution in [0.1, 0.15) is 63.6 Å². The molecular formula is C28H38F3N3O4S. The van der Waals surface area contributed by atoms with Gasteiger partial charge in [-0.25, -0.2) is 8.42 Å². The molecule has 0 aliphatic heterocycles. The van der Waals surface area contributed by atoms with E-state index in [0.717, 1.165) is 39.9 Å². The monoisotopic (exact) mass is 569 g/mol. The number of hydrogen-bond acceptors (Lipinski definition) is 4. The van der Waals surface area contributed by atoms with Crippen molar-refractivity contribution < 1.29 is 31.2 Å². The van der Waals surface area contributed by atoms with Crippen molar-refractivity contribution in [1.82, 2.24) is 10.2 Å². The normalized spacial score (nSPS) is 13.1. The molecular weight excluding hydrogens is 531 g/mol. The summed E-state index contributed by atoms with van der Waals surface area (Å²) in [5.41, 5.74) is 0.267. The number of hydrogen-bond donors (Lipinski definition) is 1. The Labute approximate surface area is 229 Å². The maximum atomic E-state index is 13.5. The molecule has 0 heterocycles. The lowest BCUT2D eigenvalue weighted by Crippen LogP contribution is -2.53. The summed E-state index contributed by atoms with van der Waals surface area (Å²) in [6, 6.07) is 10.9. The van der Waals surface area contributed by atoms with E-state index < -0.39 is 33.3 Å². The van der Waals surface area contributed by atoms with E-state index in [-0.39, 0.29) is 43.4 Å². The number of carbonyl (C=O) groups excluding carboxylic acids is 2. The van der Waals surface area contributed by atoms with Crippen LogP contribution in [0, 0.1) is 6.92 Å². The van der Waals surface area contributed by atoms with E-state index in [1.54, 1.807) is 6.92 Å². The van der Waals surface area contributed by atoms with Gasteiger partial charge < -0.3 is 10.2 Å². The molecule has 39 heavy (non-hydrogen) atoms. The number of carbonyl (C=O) groups is 2. The van der Waals surface area contributed by atoms with Gasteiger partial charge in [-0.05, 0) is 64.3 Å². The van der Waals surface area contributed by atoms with E-state index in [9.17, 15) is 31.2 Å². The van der Waals surface area contributed by atoms with Crippen LogP contribution in [0.5, 0.6) is 0 Å². The van der Waals surface area contributed by atoms with Gasteiger partial charge >= 0.3 is 6.18 Å². The van der Waals surface area contributed by atoms with Crippen LogP contribution in [0.4, 0.5) is 18.9 Å². The smallest absolute Gasteiger partial charge is 0.350 e. The van der Waals surface area contributed by atoms with Crippen molar-refractivity contribution in [1.29, 1.82) is 0 Å². The van der Waals surface area contributed by atoms with Crippen molar-refractivity contribution in [2.75, 3.05) is 17.1 Å². The van der Waals surface area contributed by atoms with Crippen molar-refractivity contribution in [3.8, 4) is 0 Å². The Morgan fingerprint density at radius 3 is 2.15 bits per heavy atom. The van der Waals surface area contributed by atoms with Gasteiger partial charge in [0, 0.05) is 25.0 Å². The molecule has 2 aromatic carbocycles. The van der Waals surface area contributed by atoms with E-state index in [1.165, 1.54) is 11.0 Å². The third-order valence-corrected chi connectivity index (χ3v) is 7.17. The Kier molecular flexibility index (Phi) is 10.6. The van der Waals surface area contributed by atoms with Crippen LogP contribution in [0.2, 0.25) is 0 Å². The van der Waals surface area contributed by atoms with Gasteiger partial charge in [-0.3, -0.25) is 13.9 Å². The number of nitrogens with zero attached hydrogens (tertiary/aromatic N) is 2. The van der Waals surface area contributed by atoms with Crippen molar-refractivity contribution in [3.05, 3.63) is 65.2 Å². The van der Waals surface area contributed by atoms with Gasteiger partial charge in [-0.1, -0.05) is 42.8 Å². The lowest BCUT2D eigenvalue weighted by molar-refractivity contribution is -0.142. The van der Waals surface area contributed by atoms with Crippen molar-refractivity contribution >= 4 is 27.5 Å². The molecule has 2 aromatic rings. The predicted molar refractivity (Wildman–Crippen MR) is 147 cm³/mol. The first kappa shape index (κ1) is 32.1. The van der Waals surface area contributed by atoms with Crippen LogP contribution in [-0.2, 0) is 32.3 Å². The Morgan fingerprint density at radius 1 is 1.03 bits per heavy atom. The first-order valence-electron chi connectivity index (χ1n) is 12.7. The minimum absolute atomic E-state index is 0.0455. The van der Waals surface area contributed by atoms with Crippen LogP contribution < -0.4 is 9.62 Å². The van der Waals surface area contributed by atoms with Gasteiger partial charge in [0.1, 0.15) is 6.04 Å². The minimum Gasteiger partial charge on any atom is -0.350 e. The number of benzene rings is 2. The number of alkyl halides is 3. The molecule has 1 N–H and O–H groups in total. The number of nitrogens with one attached hydrogen (secondary N) is 1. The standard InChI is InChI=1S/C28H38F3N3O4S/c1-7-24(26(36)32-27(3,4)5)33(19-21-15-13-20(2)14-16-21)25(35)12-9-17-34(39(6,37)38)23-11-8-10-22(18-23)28(29,30)31/h8,10-11,13-16,18,24H,7,9,12,17,19H2,1-6H3,(H,32,36). The van der Waals surface area contributed by atoms with Gasteiger partial charge in [0.15, 0.2) is 0 Å². The molecule has 0 aliphatic carbocycles. The molecule has 0 spiro atoms. The third-order valence-electron chi connectivity index (χ3n) is 5.97. The maximum Gasteiger partial charge on any atom is 0.416 e. The molecule has 11 heteroatoms. The zero-order chi connectivity index (χ0) is 29.6. The fraction of sp³-hybridized carbons (Fsp3) is 0.500. The maximum absolute atomic E-state index is 13.5. The highest BCUT2D eigenvalue weighted by molar-refractivity contribution is 7.92. The molecule has 2 amide bonds. The number of sulfonamides is 1. The van der Waals surface area contributed by atoms with E-state index >= 15 is 0 Å². The highest BCUT2D eigenvalue weighted by Gasteiger charge is 2.32. The molecule has 0 saturated carbocycles. The zero-order valence-electron chi connectivity index (χ0n) is 23.3. The molecule has 7 nitrogen and oxygen atoms in total. The molecule has 0 aliphatic rings. The zero-order valence-corrected chi connectivity index (χ0v) is 24.1. The SMILES string of the molecule is CCC(C(=O)NC(C)(C)C)N(Cc1ccc(C)cc1)C(=O)CCCN(c1cccc(C(F)(F)F)c1)S(C)(=O)=O. The summed E-state index contributed by atoms with van der Waals surface area (Å²) in [6.07, 6.45) is -3.42. The van der Waals surface area contributed by atoms with Gasteiger partial charge in [0.2, 0.25) is 21.8 Å². The summed E-state index contributed by atoms with van der Waals surface area (Å²) in [6.45, 7) is 9.26. The Bertz CT molecular complexity index is 1240. The lowest BCUT2D eigenvalue weighted by Gasteiger charge is -2.33. The number of amides is 2. The fourth-order valence-electron chi connectivity index (χ4n) is 4.10. The molecule has 1 atom stereocenters. The van der Waals surface area contributed by atoms with E-state index in [2.05, 4.69) is 5.32 Å². The van der Waals surface area contributed by atoms with E-state index in [4.69, 9.17) is 0 Å². The largest absolute Gasteiger partial charge is 0.416 e. The first-order valence-corrected chi connectivity index (χ1v) is 14.6. The summed E-state index contributed by atoms with van der Waals surface area (Å²) in [5, 5.41) is 2.92. The minimum atomic E-state index is -4.63. The molecule has 0 saturated heterocycles. The summed E-state index contributed by atoms with van der Waals surface area (Å²) in [7, 11) is -3.93. The molecule has 1 unspecified atom stereocenters. The summed E-state index contributed by atoms with van der Waals surface area (Å²) < 4.78 is 65.4. The van der Waals surface area contributed by atoms with Crippen molar-refractivity contribution in [2.24, 2.45) is 0 Å². The van der Waals surface area contributed by atoms with Crippen LogP contribution in [-0.4, -0.2) is 49.5 Å². The van der Waals surface area contributed by atoms with E-state index in [1.807, 2.05) is 52.0 Å².